The molecule has 11 aromatic rings. The van der Waals surface area contributed by atoms with E-state index in [4.69, 9.17) is 0 Å². The SMILES string of the molecule is CC1(C)c2ccccc2-c2ccc(-c3ccc(N(c4ccc(-c5ccc6sc7ccccc7c6c5)cc4)c4cccc(-c5cccc(-c6cccc7ccccc67)c5)c4)cc3)cc21. The van der Waals surface area contributed by atoms with Crippen LogP contribution in [0.1, 0.15) is 25.0 Å². The minimum absolute atomic E-state index is 0.0481. The number of thiophene rings is 1. The molecule has 0 aliphatic heterocycles. The van der Waals surface area contributed by atoms with Crippen molar-refractivity contribution in [2.75, 3.05) is 4.90 Å². The molecule has 1 heterocycles. The molecule has 1 nitrogen and oxygen atoms in total. The maximum atomic E-state index is 2.41. The van der Waals surface area contributed by atoms with Crippen molar-refractivity contribution in [2.24, 2.45) is 0 Å². The van der Waals surface area contributed by atoms with E-state index >= 15 is 0 Å². The van der Waals surface area contributed by atoms with Crippen molar-refractivity contribution in [2.45, 2.75) is 19.3 Å². The van der Waals surface area contributed by atoms with Crippen LogP contribution in [0.2, 0.25) is 0 Å². The molecule has 2 heteroatoms. The molecule has 0 fully saturated rings. The molecule has 10 aromatic carbocycles. The Bertz CT molecular complexity index is 3530. The second kappa shape index (κ2) is 14.8. The molecule has 0 atom stereocenters. The van der Waals surface area contributed by atoms with E-state index < -0.39 is 0 Å². The van der Waals surface area contributed by atoms with E-state index in [1.807, 2.05) is 11.3 Å². The van der Waals surface area contributed by atoms with Gasteiger partial charge in [0.1, 0.15) is 0 Å². The minimum atomic E-state index is -0.0481. The average Bonchev–Trinajstić information content (AvgIpc) is 3.83. The van der Waals surface area contributed by atoms with Crippen LogP contribution in [0.5, 0.6) is 0 Å². The zero-order valence-corrected chi connectivity index (χ0v) is 36.0. The van der Waals surface area contributed by atoms with Gasteiger partial charge >= 0.3 is 0 Å². The fourth-order valence-electron chi connectivity index (χ4n) is 10.0. The molecule has 298 valence electrons. The van der Waals surface area contributed by atoms with Crippen LogP contribution in [0.15, 0.2) is 224 Å². The largest absolute Gasteiger partial charge is 0.310 e. The minimum Gasteiger partial charge on any atom is -0.310 e. The van der Waals surface area contributed by atoms with Crippen LogP contribution >= 0.6 is 11.3 Å². The van der Waals surface area contributed by atoms with Gasteiger partial charge in [-0.1, -0.05) is 172 Å². The maximum absolute atomic E-state index is 2.41. The first-order valence-electron chi connectivity index (χ1n) is 21.8. The summed E-state index contributed by atoms with van der Waals surface area (Å²) in [7, 11) is 0. The number of fused-ring (bicyclic) bond motifs is 7. The topological polar surface area (TPSA) is 3.24 Å². The molecule has 0 saturated carbocycles. The lowest BCUT2D eigenvalue weighted by Crippen LogP contribution is -2.14. The third-order valence-electron chi connectivity index (χ3n) is 13.3. The number of hydrogen-bond donors (Lipinski definition) is 0. The Balaban J connectivity index is 0.932. The molecular formula is C61H43NS. The third kappa shape index (κ3) is 6.37. The van der Waals surface area contributed by atoms with E-state index in [2.05, 4.69) is 243 Å². The highest BCUT2D eigenvalue weighted by Crippen LogP contribution is 2.50. The Morgan fingerprint density at radius 1 is 0.317 bits per heavy atom. The summed E-state index contributed by atoms with van der Waals surface area (Å²) in [6.07, 6.45) is 0. The number of anilines is 3. The van der Waals surface area contributed by atoms with Crippen LogP contribution in [0.4, 0.5) is 17.1 Å². The monoisotopic (exact) mass is 821 g/mol. The Kier molecular flexibility index (Phi) is 8.77. The van der Waals surface area contributed by atoms with Gasteiger partial charge in [0, 0.05) is 42.6 Å². The molecule has 12 rings (SSSR count). The predicted molar refractivity (Wildman–Crippen MR) is 271 cm³/mol. The second-order valence-electron chi connectivity index (χ2n) is 17.3. The van der Waals surface area contributed by atoms with Gasteiger partial charge in [0.2, 0.25) is 0 Å². The maximum Gasteiger partial charge on any atom is 0.0467 e. The summed E-state index contributed by atoms with van der Waals surface area (Å²) >= 11 is 1.86. The second-order valence-corrected chi connectivity index (χ2v) is 18.4. The molecule has 0 bridgehead atoms. The van der Waals surface area contributed by atoms with Crippen molar-refractivity contribution in [1.29, 1.82) is 0 Å². The van der Waals surface area contributed by atoms with E-state index in [1.54, 1.807) is 0 Å². The fourth-order valence-corrected chi connectivity index (χ4v) is 11.1. The fraction of sp³-hybridized carbons (Fsp3) is 0.0492. The van der Waals surface area contributed by atoms with Crippen molar-refractivity contribution in [3.63, 3.8) is 0 Å². The summed E-state index contributed by atoms with van der Waals surface area (Å²) in [5.41, 5.74) is 18.4. The molecule has 1 aliphatic carbocycles. The van der Waals surface area contributed by atoms with Crippen molar-refractivity contribution < 1.29 is 0 Å². The highest BCUT2D eigenvalue weighted by atomic mass is 32.1. The predicted octanol–water partition coefficient (Wildman–Crippen LogP) is 17.7. The first kappa shape index (κ1) is 37.3. The van der Waals surface area contributed by atoms with Gasteiger partial charge in [-0.25, -0.2) is 0 Å². The van der Waals surface area contributed by atoms with E-state index in [0.29, 0.717) is 0 Å². The first-order chi connectivity index (χ1) is 31.0. The lowest BCUT2D eigenvalue weighted by Gasteiger charge is -2.26. The molecule has 0 unspecified atom stereocenters. The Hall–Kier alpha value is -7.52. The molecule has 0 radical (unpaired) electrons. The smallest absolute Gasteiger partial charge is 0.0467 e. The van der Waals surface area contributed by atoms with Gasteiger partial charge < -0.3 is 4.90 Å². The Labute approximate surface area is 372 Å². The summed E-state index contributed by atoms with van der Waals surface area (Å²) in [4.78, 5) is 2.39. The summed E-state index contributed by atoms with van der Waals surface area (Å²) in [6.45, 7) is 4.70. The number of hydrogen-bond acceptors (Lipinski definition) is 2. The number of benzene rings is 10. The van der Waals surface area contributed by atoms with Gasteiger partial charge in [0.15, 0.2) is 0 Å². The highest BCUT2D eigenvalue weighted by molar-refractivity contribution is 7.25. The van der Waals surface area contributed by atoms with Gasteiger partial charge in [-0.15, -0.1) is 11.3 Å². The molecule has 1 aliphatic rings. The van der Waals surface area contributed by atoms with Crippen LogP contribution in [-0.4, -0.2) is 0 Å². The molecule has 1 aromatic heterocycles. The summed E-state index contributed by atoms with van der Waals surface area (Å²) < 4.78 is 2.65. The quantitative estimate of drug-likeness (QED) is 0.155. The van der Waals surface area contributed by atoms with Crippen LogP contribution < -0.4 is 4.90 Å². The van der Waals surface area contributed by atoms with Crippen LogP contribution in [0.3, 0.4) is 0 Å². The zero-order valence-electron chi connectivity index (χ0n) is 35.2. The molecule has 0 N–H and O–H groups in total. The van der Waals surface area contributed by atoms with Crippen molar-refractivity contribution >= 4 is 59.3 Å². The lowest BCUT2D eigenvalue weighted by molar-refractivity contribution is 0.660. The zero-order chi connectivity index (χ0) is 42.1. The van der Waals surface area contributed by atoms with Gasteiger partial charge in [-0.2, -0.15) is 0 Å². The normalized spacial score (nSPS) is 12.7. The van der Waals surface area contributed by atoms with Gasteiger partial charge in [0.25, 0.3) is 0 Å². The molecule has 0 amide bonds. The summed E-state index contributed by atoms with van der Waals surface area (Å²) in [5.74, 6) is 0. The van der Waals surface area contributed by atoms with Gasteiger partial charge in [-0.05, 0) is 144 Å². The summed E-state index contributed by atoms with van der Waals surface area (Å²) in [5, 5.41) is 5.15. The summed E-state index contributed by atoms with van der Waals surface area (Å²) in [6, 6.07) is 82.9. The van der Waals surface area contributed by atoms with Crippen LogP contribution in [0.25, 0.3) is 86.6 Å². The molecular weight excluding hydrogens is 779 g/mol. The molecule has 63 heavy (non-hydrogen) atoms. The Morgan fingerprint density at radius 3 is 1.67 bits per heavy atom. The van der Waals surface area contributed by atoms with Gasteiger partial charge in [0.05, 0.1) is 0 Å². The van der Waals surface area contributed by atoms with E-state index in [0.717, 1.165) is 17.1 Å². The van der Waals surface area contributed by atoms with E-state index in [1.165, 1.54) is 97.7 Å². The van der Waals surface area contributed by atoms with E-state index in [-0.39, 0.29) is 5.41 Å². The third-order valence-corrected chi connectivity index (χ3v) is 14.4. The number of nitrogens with zero attached hydrogens (tertiary/aromatic N) is 1. The van der Waals surface area contributed by atoms with E-state index in [9.17, 15) is 0 Å². The standard InChI is InChI=1S/C61H43NS/c1-61(2)57-22-7-5-19-53(57)54-34-28-46(39-58(54)61)41-26-32-49(33-27-41)62(48-30-24-40(25-31-48)45-29-35-60-56(38-45)55-20-6-8-23-59(55)63-60)50-17-10-15-44(37-50)43-14-9-16-47(36-43)52-21-11-13-42-12-3-4-18-51(42)52/h3-39H,1-2H3. The first-order valence-corrected chi connectivity index (χ1v) is 22.6. The van der Waals surface area contributed by atoms with Crippen molar-refractivity contribution in [3.8, 4) is 55.6 Å². The highest BCUT2D eigenvalue weighted by Gasteiger charge is 2.35. The van der Waals surface area contributed by atoms with Gasteiger partial charge in [-0.3, -0.25) is 0 Å². The van der Waals surface area contributed by atoms with Crippen molar-refractivity contribution in [1.82, 2.24) is 0 Å². The molecule has 0 spiro atoms. The molecule has 0 saturated heterocycles. The van der Waals surface area contributed by atoms with Crippen LogP contribution in [0, 0.1) is 0 Å². The number of rotatable bonds is 7. The lowest BCUT2D eigenvalue weighted by atomic mass is 9.81. The van der Waals surface area contributed by atoms with Crippen molar-refractivity contribution in [3.05, 3.63) is 236 Å². The average molecular weight is 822 g/mol. The Morgan fingerprint density at radius 2 is 0.857 bits per heavy atom. The van der Waals surface area contributed by atoms with Crippen LogP contribution in [-0.2, 0) is 5.41 Å².